The van der Waals surface area contributed by atoms with Crippen LogP contribution in [0.2, 0.25) is 0 Å². The number of phenols is 1. The largest absolute Gasteiger partial charge is 0.507 e. The molecule has 0 atom stereocenters. The highest BCUT2D eigenvalue weighted by molar-refractivity contribution is 5.92. The standard InChI is InChI=1S/C13H13N3O3/c1-7-4-10(14)12(15-6-7)16-8-2-3-11(17)9(5-8)13(18)19/h2-6,17H,14H2,1H3,(H,15,16)(H,18,19). The van der Waals surface area contributed by atoms with E-state index in [9.17, 15) is 9.90 Å². The topological polar surface area (TPSA) is 108 Å². The number of carboxylic acids is 1. The number of anilines is 3. The normalized spacial score (nSPS) is 10.2. The van der Waals surface area contributed by atoms with E-state index in [1.807, 2.05) is 6.92 Å². The van der Waals surface area contributed by atoms with Crippen LogP contribution in [0.15, 0.2) is 30.5 Å². The average molecular weight is 259 g/mol. The van der Waals surface area contributed by atoms with Crippen LogP contribution >= 0.6 is 0 Å². The second-order valence-electron chi connectivity index (χ2n) is 4.11. The van der Waals surface area contributed by atoms with E-state index in [2.05, 4.69) is 10.3 Å². The number of nitrogen functional groups attached to an aromatic ring is 1. The maximum atomic E-state index is 10.9. The second-order valence-corrected chi connectivity index (χ2v) is 4.11. The van der Waals surface area contributed by atoms with E-state index in [0.717, 1.165) is 5.56 Å². The number of hydrogen-bond donors (Lipinski definition) is 4. The van der Waals surface area contributed by atoms with Gasteiger partial charge in [0, 0.05) is 11.9 Å². The average Bonchev–Trinajstić information content (AvgIpc) is 2.34. The van der Waals surface area contributed by atoms with Crippen molar-refractivity contribution in [1.82, 2.24) is 4.98 Å². The Morgan fingerprint density at radius 2 is 2.11 bits per heavy atom. The molecule has 0 saturated carbocycles. The fourth-order valence-corrected chi connectivity index (χ4v) is 1.62. The van der Waals surface area contributed by atoms with Crippen LogP contribution in [-0.2, 0) is 0 Å². The summed E-state index contributed by atoms with van der Waals surface area (Å²) in [5, 5.41) is 21.2. The van der Waals surface area contributed by atoms with Crippen LogP contribution in [0, 0.1) is 6.92 Å². The van der Waals surface area contributed by atoms with Gasteiger partial charge in [0.2, 0.25) is 0 Å². The van der Waals surface area contributed by atoms with Crippen molar-refractivity contribution in [2.75, 3.05) is 11.1 Å². The van der Waals surface area contributed by atoms with Crippen molar-refractivity contribution in [2.45, 2.75) is 6.92 Å². The van der Waals surface area contributed by atoms with Gasteiger partial charge in [-0.1, -0.05) is 0 Å². The van der Waals surface area contributed by atoms with Gasteiger partial charge in [-0.2, -0.15) is 0 Å². The van der Waals surface area contributed by atoms with Gasteiger partial charge in [-0.15, -0.1) is 0 Å². The van der Waals surface area contributed by atoms with Gasteiger partial charge in [0.05, 0.1) is 5.69 Å². The summed E-state index contributed by atoms with van der Waals surface area (Å²) in [6.07, 6.45) is 1.65. The Hall–Kier alpha value is -2.76. The van der Waals surface area contributed by atoms with Crippen molar-refractivity contribution in [3.05, 3.63) is 41.6 Å². The smallest absolute Gasteiger partial charge is 0.339 e. The number of nitrogens with zero attached hydrogens (tertiary/aromatic N) is 1. The van der Waals surface area contributed by atoms with Crippen LogP contribution < -0.4 is 11.1 Å². The Bertz CT molecular complexity index is 641. The number of pyridine rings is 1. The molecule has 2 rings (SSSR count). The number of nitrogens with two attached hydrogens (primary N) is 1. The highest BCUT2D eigenvalue weighted by atomic mass is 16.4. The molecule has 6 heteroatoms. The molecule has 1 aromatic carbocycles. The van der Waals surface area contributed by atoms with Crippen LogP contribution in [-0.4, -0.2) is 21.2 Å². The Labute approximate surface area is 109 Å². The number of nitrogens with one attached hydrogen (secondary N) is 1. The number of carboxylic acid groups (broad SMARTS) is 1. The monoisotopic (exact) mass is 259 g/mol. The minimum atomic E-state index is -1.20. The Morgan fingerprint density at radius 3 is 2.74 bits per heavy atom. The second kappa shape index (κ2) is 4.85. The third kappa shape index (κ3) is 2.74. The van der Waals surface area contributed by atoms with Gasteiger partial charge in [0.15, 0.2) is 5.82 Å². The van der Waals surface area contributed by atoms with Crippen LogP contribution in [0.3, 0.4) is 0 Å². The van der Waals surface area contributed by atoms with Gasteiger partial charge < -0.3 is 21.3 Å². The molecule has 5 N–H and O–H groups in total. The van der Waals surface area contributed by atoms with Crippen molar-refractivity contribution >= 4 is 23.2 Å². The molecule has 0 aliphatic heterocycles. The summed E-state index contributed by atoms with van der Waals surface area (Å²) in [4.78, 5) is 15.0. The molecule has 1 heterocycles. The molecule has 0 saturated heterocycles. The third-order valence-corrected chi connectivity index (χ3v) is 2.54. The van der Waals surface area contributed by atoms with E-state index in [0.29, 0.717) is 17.2 Å². The Morgan fingerprint density at radius 1 is 1.37 bits per heavy atom. The molecule has 0 aliphatic carbocycles. The van der Waals surface area contributed by atoms with Gasteiger partial charge in [0.25, 0.3) is 0 Å². The maximum Gasteiger partial charge on any atom is 0.339 e. The number of carbonyl (C=O) groups is 1. The van der Waals surface area contributed by atoms with E-state index >= 15 is 0 Å². The summed E-state index contributed by atoms with van der Waals surface area (Å²) in [6, 6.07) is 5.92. The highest BCUT2D eigenvalue weighted by Crippen LogP contribution is 2.25. The van der Waals surface area contributed by atoms with Crippen molar-refractivity contribution in [3.8, 4) is 5.75 Å². The first-order valence-corrected chi connectivity index (χ1v) is 5.53. The molecule has 98 valence electrons. The first kappa shape index (κ1) is 12.7. The molecule has 6 nitrogen and oxygen atoms in total. The predicted molar refractivity (Wildman–Crippen MR) is 71.7 cm³/mol. The summed E-state index contributed by atoms with van der Waals surface area (Å²) in [6.45, 7) is 1.87. The van der Waals surface area contributed by atoms with Crippen LogP contribution in [0.1, 0.15) is 15.9 Å². The Balaban J connectivity index is 2.33. The maximum absolute atomic E-state index is 10.9. The Kier molecular flexibility index (Phi) is 3.24. The van der Waals surface area contributed by atoms with Crippen molar-refractivity contribution in [2.24, 2.45) is 0 Å². The number of benzene rings is 1. The van der Waals surface area contributed by atoms with Crippen molar-refractivity contribution in [1.29, 1.82) is 0 Å². The van der Waals surface area contributed by atoms with Crippen molar-refractivity contribution in [3.63, 3.8) is 0 Å². The first-order chi connectivity index (χ1) is 8.97. The van der Waals surface area contributed by atoms with Crippen LogP contribution in [0.4, 0.5) is 17.2 Å². The van der Waals surface area contributed by atoms with E-state index < -0.39 is 5.97 Å². The number of rotatable bonds is 3. The number of hydrogen-bond acceptors (Lipinski definition) is 5. The fourth-order valence-electron chi connectivity index (χ4n) is 1.62. The fraction of sp³-hybridized carbons (Fsp3) is 0.0769. The SMILES string of the molecule is Cc1cnc(Nc2ccc(O)c(C(=O)O)c2)c(N)c1. The molecule has 0 spiro atoms. The van der Waals surface area contributed by atoms with E-state index in [-0.39, 0.29) is 11.3 Å². The number of aromatic nitrogens is 1. The number of aryl methyl sites for hydroxylation is 1. The molecule has 0 unspecified atom stereocenters. The van der Waals surface area contributed by atoms with Crippen LogP contribution in [0.25, 0.3) is 0 Å². The molecule has 0 amide bonds. The van der Waals surface area contributed by atoms with E-state index in [1.54, 1.807) is 18.3 Å². The first-order valence-electron chi connectivity index (χ1n) is 5.53. The third-order valence-electron chi connectivity index (χ3n) is 2.54. The lowest BCUT2D eigenvalue weighted by Crippen LogP contribution is -2.02. The summed E-state index contributed by atoms with van der Waals surface area (Å²) >= 11 is 0. The van der Waals surface area contributed by atoms with Crippen molar-refractivity contribution < 1.29 is 15.0 Å². The molecule has 1 aromatic heterocycles. The highest BCUT2D eigenvalue weighted by Gasteiger charge is 2.11. The zero-order valence-electron chi connectivity index (χ0n) is 10.2. The zero-order chi connectivity index (χ0) is 14.0. The molecule has 0 radical (unpaired) electrons. The minimum Gasteiger partial charge on any atom is -0.507 e. The quantitative estimate of drug-likeness (QED) is 0.629. The van der Waals surface area contributed by atoms with Gasteiger partial charge in [-0.05, 0) is 36.8 Å². The molecule has 2 aromatic rings. The zero-order valence-corrected chi connectivity index (χ0v) is 10.2. The van der Waals surface area contributed by atoms with Gasteiger partial charge in [0.1, 0.15) is 11.3 Å². The van der Waals surface area contributed by atoms with E-state index in [1.165, 1.54) is 12.1 Å². The summed E-state index contributed by atoms with van der Waals surface area (Å²) in [5.41, 5.74) is 7.50. The van der Waals surface area contributed by atoms with Gasteiger partial charge in [-0.25, -0.2) is 9.78 Å². The lowest BCUT2D eigenvalue weighted by Gasteiger charge is -2.10. The lowest BCUT2D eigenvalue weighted by atomic mass is 10.1. The van der Waals surface area contributed by atoms with Gasteiger partial charge in [-0.3, -0.25) is 0 Å². The molecular weight excluding hydrogens is 246 g/mol. The summed E-state index contributed by atoms with van der Waals surface area (Å²) in [5.74, 6) is -1.05. The molecular formula is C13H13N3O3. The minimum absolute atomic E-state index is 0.185. The lowest BCUT2D eigenvalue weighted by molar-refractivity contribution is 0.0694. The van der Waals surface area contributed by atoms with Gasteiger partial charge >= 0.3 is 5.97 Å². The summed E-state index contributed by atoms with van der Waals surface area (Å²) in [7, 11) is 0. The molecule has 0 bridgehead atoms. The predicted octanol–water partition coefficient (Wildman–Crippen LogP) is 2.12. The number of aromatic hydroxyl groups is 1. The van der Waals surface area contributed by atoms with E-state index in [4.69, 9.17) is 10.8 Å². The number of aromatic carboxylic acids is 1. The van der Waals surface area contributed by atoms with Crippen LogP contribution in [0.5, 0.6) is 5.75 Å². The molecule has 0 fully saturated rings. The molecule has 19 heavy (non-hydrogen) atoms. The summed E-state index contributed by atoms with van der Waals surface area (Å²) < 4.78 is 0. The molecule has 0 aliphatic rings.